The van der Waals surface area contributed by atoms with Crippen molar-refractivity contribution in [3.63, 3.8) is 0 Å². The van der Waals surface area contributed by atoms with Crippen LogP contribution in [-0.4, -0.2) is 44.6 Å². The summed E-state index contributed by atoms with van der Waals surface area (Å²) < 4.78 is 20.6. The van der Waals surface area contributed by atoms with Crippen molar-refractivity contribution in [3.05, 3.63) is 35.7 Å². The van der Waals surface area contributed by atoms with Crippen molar-refractivity contribution in [2.24, 2.45) is 5.73 Å². The maximum Gasteiger partial charge on any atom is 0.326 e. The number of hydrogen-bond acceptors (Lipinski definition) is 8. The molecule has 5 rings (SSSR count). The lowest BCUT2D eigenvalue weighted by molar-refractivity contribution is 0.440. The molecule has 29 heavy (non-hydrogen) atoms. The van der Waals surface area contributed by atoms with E-state index in [1.54, 1.807) is 26.4 Å². The number of H-pyrrole nitrogens is 1. The number of aromatic nitrogens is 5. The third kappa shape index (κ3) is 2.88. The zero-order chi connectivity index (χ0) is 20.1. The van der Waals surface area contributed by atoms with E-state index in [0.29, 0.717) is 52.6 Å². The average Bonchev–Trinajstić information content (AvgIpc) is 3.08. The number of rotatable bonds is 3. The number of ether oxygens (including phenoxy) is 1. The molecule has 0 spiro atoms. The Morgan fingerprint density at radius 2 is 2.03 bits per heavy atom. The van der Waals surface area contributed by atoms with E-state index in [0.717, 1.165) is 10.9 Å². The highest BCUT2D eigenvalue weighted by molar-refractivity contribution is 6.16. The van der Waals surface area contributed by atoms with Gasteiger partial charge in [0.05, 0.1) is 29.0 Å². The topological polar surface area (TPSA) is 127 Å². The zero-order valence-electron chi connectivity index (χ0n) is 15.9. The number of anilines is 2. The maximum absolute atomic E-state index is 14.9. The predicted molar refractivity (Wildman–Crippen MR) is 108 cm³/mol. The van der Waals surface area contributed by atoms with Crippen molar-refractivity contribution in [2.45, 2.75) is 19.4 Å². The van der Waals surface area contributed by atoms with Gasteiger partial charge in [-0.15, -0.1) is 0 Å². The van der Waals surface area contributed by atoms with Crippen LogP contribution in [-0.2, 0) is 6.42 Å². The van der Waals surface area contributed by atoms with Crippen LogP contribution in [0.4, 0.5) is 15.9 Å². The number of nitrogens with zero attached hydrogens (tertiary/aromatic N) is 4. The molecule has 0 saturated carbocycles. The molecule has 0 saturated heterocycles. The van der Waals surface area contributed by atoms with Crippen LogP contribution < -0.4 is 21.1 Å². The van der Waals surface area contributed by atoms with Gasteiger partial charge >= 0.3 is 6.01 Å². The summed E-state index contributed by atoms with van der Waals surface area (Å²) in [7, 11) is 1.74. The minimum Gasteiger partial charge on any atom is -0.421 e. The molecule has 1 atom stereocenters. The Kier molecular flexibility index (Phi) is 3.95. The first kappa shape index (κ1) is 17.6. The highest BCUT2D eigenvalue weighted by atomic mass is 19.1. The van der Waals surface area contributed by atoms with E-state index in [1.807, 2.05) is 0 Å². The van der Waals surface area contributed by atoms with E-state index < -0.39 is 0 Å². The summed E-state index contributed by atoms with van der Waals surface area (Å²) in [5.41, 5.74) is 8.69. The molecule has 9 nitrogen and oxygen atoms in total. The Bertz CT molecular complexity index is 1240. The lowest BCUT2D eigenvalue weighted by atomic mass is 9.97. The summed E-state index contributed by atoms with van der Waals surface area (Å²) in [4.78, 5) is 20.5. The van der Waals surface area contributed by atoms with Gasteiger partial charge < -0.3 is 26.1 Å². The summed E-state index contributed by atoms with van der Waals surface area (Å²) >= 11 is 0. The van der Waals surface area contributed by atoms with Crippen LogP contribution in [0.15, 0.2) is 18.5 Å². The van der Waals surface area contributed by atoms with Crippen LogP contribution in [0.3, 0.4) is 0 Å². The third-order valence-corrected chi connectivity index (χ3v) is 5.00. The van der Waals surface area contributed by atoms with Crippen molar-refractivity contribution in [3.8, 4) is 11.8 Å². The molecule has 1 aromatic carbocycles. The summed E-state index contributed by atoms with van der Waals surface area (Å²) in [6.45, 7) is 2.23. The fourth-order valence-electron chi connectivity index (χ4n) is 3.65. The molecule has 4 heterocycles. The smallest absolute Gasteiger partial charge is 0.326 e. The first-order chi connectivity index (χ1) is 14.0. The van der Waals surface area contributed by atoms with Crippen molar-refractivity contribution < 1.29 is 9.13 Å². The van der Waals surface area contributed by atoms with Crippen LogP contribution in [0, 0.1) is 12.7 Å². The highest BCUT2D eigenvalue weighted by Gasteiger charge is 2.25. The van der Waals surface area contributed by atoms with Crippen molar-refractivity contribution in [1.29, 1.82) is 0 Å². The van der Waals surface area contributed by atoms with Gasteiger partial charge in [-0.05, 0) is 25.0 Å². The minimum absolute atomic E-state index is 0.126. The van der Waals surface area contributed by atoms with Gasteiger partial charge in [0, 0.05) is 25.0 Å². The molecule has 10 heteroatoms. The summed E-state index contributed by atoms with van der Waals surface area (Å²) in [6, 6.07) is 1.33. The van der Waals surface area contributed by atoms with Gasteiger partial charge in [0.15, 0.2) is 5.75 Å². The molecule has 0 amide bonds. The van der Waals surface area contributed by atoms with Gasteiger partial charge in [0.2, 0.25) is 0 Å². The normalized spacial score (nSPS) is 15.9. The molecular formula is C19H19FN8O. The number of aromatic amines is 1. The Labute approximate surface area is 164 Å². The molecule has 3 aromatic heterocycles. The predicted octanol–water partition coefficient (Wildman–Crippen LogP) is 2.48. The Morgan fingerprint density at radius 1 is 1.24 bits per heavy atom. The van der Waals surface area contributed by atoms with Gasteiger partial charge in [-0.1, -0.05) is 0 Å². The number of benzene rings is 1. The standard InChI is InChI=1S/C19H19FN8O/c1-8-23-6-10(7-24-8)29-19-27-17-15-14-11(3-9(21)5-25-17)12(20)4-13(22-2)16(14)26-18(15)28-19/h4,6-7,9,22H,3,5,21H2,1-2H3,(H2,25,26,27,28). The third-order valence-electron chi connectivity index (χ3n) is 5.00. The maximum atomic E-state index is 14.9. The van der Waals surface area contributed by atoms with E-state index in [-0.39, 0.29) is 17.9 Å². The van der Waals surface area contributed by atoms with Gasteiger partial charge in [-0.3, -0.25) is 0 Å². The molecule has 4 aromatic rings. The van der Waals surface area contributed by atoms with E-state index in [1.165, 1.54) is 6.07 Å². The van der Waals surface area contributed by atoms with E-state index in [4.69, 9.17) is 10.5 Å². The summed E-state index contributed by atoms with van der Waals surface area (Å²) in [5, 5.41) is 7.72. The monoisotopic (exact) mass is 394 g/mol. The van der Waals surface area contributed by atoms with Crippen molar-refractivity contribution >= 4 is 33.4 Å². The Morgan fingerprint density at radius 3 is 2.79 bits per heavy atom. The largest absolute Gasteiger partial charge is 0.421 e. The zero-order valence-corrected chi connectivity index (χ0v) is 15.9. The lowest BCUT2D eigenvalue weighted by Crippen LogP contribution is -2.32. The number of halogens is 1. The second-order valence-corrected chi connectivity index (χ2v) is 7.00. The number of nitrogens with one attached hydrogen (secondary N) is 3. The molecule has 1 aliphatic rings. The molecule has 148 valence electrons. The fourth-order valence-corrected chi connectivity index (χ4v) is 3.65. The fraction of sp³-hybridized carbons (Fsp3) is 0.263. The van der Waals surface area contributed by atoms with Crippen LogP contribution in [0.25, 0.3) is 21.9 Å². The number of nitrogens with two attached hydrogens (primary N) is 1. The van der Waals surface area contributed by atoms with Crippen LogP contribution in [0.5, 0.6) is 11.8 Å². The molecule has 0 aliphatic carbocycles. The molecule has 5 N–H and O–H groups in total. The SMILES string of the molecule is CNc1cc(F)c2c3c1[nH]c1nc(Oc4cnc(C)nc4)nc(c13)NCC(N)C2. The van der Waals surface area contributed by atoms with Gasteiger partial charge in [0.1, 0.15) is 23.1 Å². The number of aryl methyl sites for hydroxylation is 1. The Balaban J connectivity index is 1.75. The van der Waals surface area contributed by atoms with Gasteiger partial charge in [-0.25, -0.2) is 14.4 Å². The lowest BCUT2D eigenvalue weighted by Gasteiger charge is -2.19. The van der Waals surface area contributed by atoms with E-state index in [2.05, 4.69) is 35.6 Å². The minimum atomic E-state index is -0.303. The van der Waals surface area contributed by atoms with E-state index >= 15 is 0 Å². The molecule has 0 radical (unpaired) electrons. The molecule has 0 bridgehead atoms. The number of hydrogen-bond donors (Lipinski definition) is 4. The molecule has 1 aliphatic heterocycles. The molecular weight excluding hydrogens is 375 g/mol. The van der Waals surface area contributed by atoms with Crippen molar-refractivity contribution in [2.75, 3.05) is 24.2 Å². The van der Waals surface area contributed by atoms with Crippen LogP contribution >= 0.6 is 0 Å². The quantitative estimate of drug-likeness (QED) is 0.417. The van der Waals surface area contributed by atoms with Crippen LogP contribution in [0.1, 0.15) is 11.4 Å². The second kappa shape index (κ2) is 6.52. The van der Waals surface area contributed by atoms with E-state index in [9.17, 15) is 4.39 Å². The highest BCUT2D eigenvalue weighted by Crippen LogP contribution is 2.39. The Hall–Kier alpha value is -3.53. The van der Waals surface area contributed by atoms with Gasteiger partial charge in [0.25, 0.3) is 0 Å². The summed E-state index contributed by atoms with van der Waals surface area (Å²) in [6.07, 6.45) is 3.52. The second-order valence-electron chi connectivity index (χ2n) is 7.00. The first-order valence-electron chi connectivity index (χ1n) is 9.22. The summed E-state index contributed by atoms with van der Waals surface area (Å²) in [5.74, 6) is 1.29. The molecule has 0 fully saturated rings. The van der Waals surface area contributed by atoms with Gasteiger partial charge in [-0.2, -0.15) is 9.97 Å². The van der Waals surface area contributed by atoms with Crippen molar-refractivity contribution in [1.82, 2.24) is 24.9 Å². The average molecular weight is 394 g/mol. The first-order valence-corrected chi connectivity index (χ1v) is 9.22. The van der Waals surface area contributed by atoms with Crippen LogP contribution in [0.2, 0.25) is 0 Å². The molecule has 1 unspecified atom stereocenters.